The van der Waals surface area contributed by atoms with Gasteiger partial charge >= 0.3 is 0 Å². The summed E-state index contributed by atoms with van der Waals surface area (Å²) in [5.74, 6) is -0.0187. The van der Waals surface area contributed by atoms with Crippen molar-refractivity contribution >= 4 is 5.91 Å². The lowest BCUT2D eigenvalue weighted by Crippen LogP contribution is -2.29. The normalized spacial score (nSPS) is 10.7. The molecule has 0 unspecified atom stereocenters. The van der Waals surface area contributed by atoms with Crippen LogP contribution in [-0.2, 0) is 6.54 Å². The summed E-state index contributed by atoms with van der Waals surface area (Å²) in [5.41, 5.74) is 7.24. The van der Waals surface area contributed by atoms with Crippen molar-refractivity contribution in [1.29, 1.82) is 0 Å². The monoisotopic (exact) mass is 263 g/mol. The number of hydrogen-bond acceptors (Lipinski definition) is 3. The lowest BCUT2D eigenvalue weighted by Gasteiger charge is -2.17. The van der Waals surface area contributed by atoms with Gasteiger partial charge in [0.2, 0.25) is 0 Å². The first kappa shape index (κ1) is 15.7. The Balaban J connectivity index is 2.34. The molecular formula is C15H25N3O. The molecule has 4 nitrogen and oxygen atoms in total. The summed E-state index contributed by atoms with van der Waals surface area (Å²) >= 11 is 0. The van der Waals surface area contributed by atoms with Crippen molar-refractivity contribution in [3.63, 3.8) is 0 Å². The van der Waals surface area contributed by atoms with E-state index in [4.69, 9.17) is 5.73 Å². The summed E-state index contributed by atoms with van der Waals surface area (Å²) in [6.45, 7) is 8.62. The average Bonchev–Trinajstić information content (AvgIpc) is 2.47. The quantitative estimate of drug-likeness (QED) is 0.701. The molecule has 0 radical (unpaired) electrons. The van der Waals surface area contributed by atoms with E-state index in [1.165, 1.54) is 0 Å². The highest BCUT2D eigenvalue weighted by Crippen LogP contribution is 2.04. The predicted octanol–water partition coefficient (Wildman–Crippen LogP) is 1.61. The van der Waals surface area contributed by atoms with Crippen LogP contribution in [0.1, 0.15) is 36.2 Å². The van der Waals surface area contributed by atoms with Crippen LogP contribution >= 0.6 is 0 Å². The predicted molar refractivity (Wildman–Crippen MR) is 79.1 cm³/mol. The standard InChI is InChI=1S/C15H25N3O/c1-3-18(4-2)10-6-9-17-15(19)14-8-5-7-13(11-14)12-16/h5,7-8,11H,3-4,6,9-10,12,16H2,1-2H3,(H,17,19). The van der Waals surface area contributed by atoms with Gasteiger partial charge in [-0.05, 0) is 43.8 Å². The zero-order chi connectivity index (χ0) is 14.1. The molecule has 4 heteroatoms. The number of nitrogens with one attached hydrogen (secondary N) is 1. The summed E-state index contributed by atoms with van der Waals surface area (Å²) in [5, 5.41) is 2.95. The van der Waals surface area contributed by atoms with Gasteiger partial charge in [0.05, 0.1) is 0 Å². The third kappa shape index (κ3) is 5.41. The molecule has 19 heavy (non-hydrogen) atoms. The first-order valence-corrected chi connectivity index (χ1v) is 7.00. The van der Waals surface area contributed by atoms with Crippen LogP contribution in [0.5, 0.6) is 0 Å². The van der Waals surface area contributed by atoms with Crippen molar-refractivity contribution in [2.45, 2.75) is 26.8 Å². The molecule has 106 valence electrons. The van der Waals surface area contributed by atoms with Crippen LogP contribution in [0.2, 0.25) is 0 Å². The molecule has 0 spiro atoms. The van der Waals surface area contributed by atoms with E-state index in [9.17, 15) is 4.79 Å². The number of rotatable bonds is 8. The molecule has 0 atom stereocenters. The first-order chi connectivity index (χ1) is 9.21. The number of benzene rings is 1. The van der Waals surface area contributed by atoms with Gasteiger partial charge < -0.3 is 16.0 Å². The Morgan fingerprint density at radius 1 is 1.32 bits per heavy atom. The molecule has 0 aliphatic heterocycles. The van der Waals surface area contributed by atoms with Gasteiger partial charge in [0, 0.05) is 18.7 Å². The fourth-order valence-electron chi connectivity index (χ4n) is 1.99. The Morgan fingerprint density at radius 3 is 2.68 bits per heavy atom. The molecule has 0 aliphatic carbocycles. The van der Waals surface area contributed by atoms with Gasteiger partial charge in [-0.2, -0.15) is 0 Å². The summed E-state index contributed by atoms with van der Waals surface area (Å²) in [6, 6.07) is 7.46. The van der Waals surface area contributed by atoms with Crippen molar-refractivity contribution in [2.24, 2.45) is 5.73 Å². The summed E-state index contributed by atoms with van der Waals surface area (Å²) in [7, 11) is 0. The summed E-state index contributed by atoms with van der Waals surface area (Å²) < 4.78 is 0. The van der Waals surface area contributed by atoms with Crippen LogP contribution < -0.4 is 11.1 Å². The third-order valence-corrected chi connectivity index (χ3v) is 3.26. The smallest absolute Gasteiger partial charge is 0.251 e. The second-order valence-electron chi connectivity index (χ2n) is 4.54. The highest BCUT2D eigenvalue weighted by atomic mass is 16.1. The maximum Gasteiger partial charge on any atom is 0.251 e. The zero-order valence-corrected chi connectivity index (χ0v) is 12.0. The van der Waals surface area contributed by atoms with Gasteiger partial charge in [0.1, 0.15) is 0 Å². The van der Waals surface area contributed by atoms with Crippen LogP contribution in [0.25, 0.3) is 0 Å². The second kappa shape index (κ2) is 8.67. The Labute approximate surface area is 116 Å². The molecule has 0 heterocycles. The molecule has 0 fully saturated rings. The van der Waals surface area contributed by atoms with Crippen LogP contribution in [0.15, 0.2) is 24.3 Å². The van der Waals surface area contributed by atoms with E-state index in [1.54, 1.807) is 0 Å². The fraction of sp³-hybridized carbons (Fsp3) is 0.533. The molecule has 1 aromatic rings. The molecule has 0 saturated heterocycles. The van der Waals surface area contributed by atoms with E-state index in [0.29, 0.717) is 18.7 Å². The van der Waals surface area contributed by atoms with E-state index in [2.05, 4.69) is 24.1 Å². The average molecular weight is 263 g/mol. The van der Waals surface area contributed by atoms with Crippen molar-refractivity contribution in [1.82, 2.24) is 10.2 Å². The fourth-order valence-corrected chi connectivity index (χ4v) is 1.99. The largest absolute Gasteiger partial charge is 0.352 e. The number of hydrogen-bond donors (Lipinski definition) is 2. The number of amides is 1. The lowest BCUT2D eigenvalue weighted by molar-refractivity contribution is 0.0951. The van der Waals surface area contributed by atoms with Crippen LogP contribution in [0, 0.1) is 0 Å². The Hall–Kier alpha value is -1.39. The van der Waals surface area contributed by atoms with Gasteiger partial charge in [-0.3, -0.25) is 4.79 Å². The minimum atomic E-state index is -0.0187. The Bertz CT molecular complexity index is 389. The van der Waals surface area contributed by atoms with E-state index in [-0.39, 0.29) is 5.91 Å². The Kier molecular flexibility index (Phi) is 7.15. The molecule has 3 N–H and O–H groups in total. The van der Waals surface area contributed by atoms with Crippen LogP contribution in [0.4, 0.5) is 0 Å². The zero-order valence-electron chi connectivity index (χ0n) is 12.0. The SMILES string of the molecule is CCN(CC)CCCNC(=O)c1cccc(CN)c1. The van der Waals surface area contributed by atoms with Crippen LogP contribution in [0.3, 0.4) is 0 Å². The number of carbonyl (C=O) groups excluding carboxylic acids is 1. The van der Waals surface area contributed by atoms with Crippen molar-refractivity contribution in [2.75, 3.05) is 26.2 Å². The van der Waals surface area contributed by atoms with Crippen molar-refractivity contribution in [3.8, 4) is 0 Å². The number of carbonyl (C=O) groups is 1. The first-order valence-electron chi connectivity index (χ1n) is 7.00. The van der Waals surface area contributed by atoms with Gasteiger partial charge in [-0.15, -0.1) is 0 Å². The summed E-state index contributed by atoms with van der Waals surface area (Å²) in [6.07, 6.45) is 0.976. The maximum absolute atomic E-state index is 11.9. The van der Waals surface area contributed by atoms with E-state index >= 15 is 0 Å². The molecule has 0 bridgehead atoms. The van der Waals surface area contributed by atoms with Gasteiger partial charge in [-0.25, -0.2) is 0 Å². The van der Waals surface area contributed by atoms with Gasteiger partial charge in [0.25, 0.3) is 5.91 Å². The van der Waals surface area contributed by atoms with E-state index in [0.717, 1.165) is 31.6 Å². The van der Waals surface area contributed by atoms with Crippen molar-refractivity contribution < 1.29 is 4.79 Å². The third-order valence-electron chi connectivity index (χ3n) is 3.26. The minimum Gasteiger partial charge on any atom is -0.352 e. The summed E-state index contributed by atoms with van der Waals surface area (Å²) in [4.78, 5) is 14.3. The maximum atomic E-state index is 11.9. The second-order valence-corrected chi connectivity index (χ2v) is 4.54. The Morgan fingerprint density at radius 2 is 2.05 bits per heavy atom. The molecule has 1 aromatic carbocycles. The molecule has 0 saturated carbocycles. The van der Waals surface area contributed by atoms with E-state index in [1.807, 2.05) is 24.3 Å². The van der Waals surface area contributed by atoms with Crippen LogP contribution in [-0.4, -0.2) is 37.0 Å². The topological polar surface area (TPSA) is 58.4 Å². The highest BCUT2D eigenvalue weighted by molar-refractivity contribution is 5.94. The molecular weight excluding hydrogens is 238 g/mol. The molecule has 1 amide bonds. The minimum absolute atomic E-state index is 0.0187. The number of nitrogens with two attached hydrogens (primary N) is 1. The van der Waals surface area contributed by atoms with Crippen molar-refractivity contribution in [3.05, 3.63) is 35.4 Å². The molecule has 0 aromatic heterocycles. The lowest BCUT2D eigenvalue weighted by atomic mass is 10.1. The van der Waals surface area contributed by atoms with E-state index < -0.39 is 0 Å². The van der Waals surface area contributed by atoms with Gasteiger partial charge in [-0.1, -0.05) is 26.0 Å². The van der Waals surface area contributed by atoms with Gasteiger partial charge in [0.15, 0.2) is 0 Å². The molecule has 0 aliphatic rings. The highest BCUT2D eigenvalue weighted by Gasteiger charge is 2.05. The molecule has 1 rings (SSSR count). The number of nitrogens with zero attached hydrogens (tertiary/aromatic N) is 1.